The molecule has 4 rings (SSSR count). The number of rotatable bonds is 4. The third-order valence-electron chi connectivity index (χ3n) is 5.16. The number of nitriles is 1. The molecule has 2 aromatic carbocycles. The van der Waals surface area contributed by atoms with Crippen LogP contribution in [-0.2, 0) is 6.42 Å². The predicted molar refractivity (Wildman–Crippen MR) is 113 cm³/mol. The van der Waals surface area contributed by atoms with E-state index in [4.69, 9.17) is 0 Å². The van der Waals surface area contributed by atoms with E-state index in [1.165, 1.54) is 30.3 Å². The summed E-state index contributed by atoms with van der Waals surface area (Å²) in [6.07, 6.45) is 2.82. The molecule has 1 aromatic heterocycles. The van der Waals surface area contributed by atoms with Gasteiger partial charge in [0.2, 0.25) is 0 Å². The number of H-pyrrole nitrogens is 1. The Balaban J connectivity index is 1.90. The summed E-state index contributed by atoms with van der Waals surface area (Å²) in [7, 11) is 0. The maximum atomic E-state index is 12.6. The molecule has 0 fully saturated rings. The van der Waals surface area contributed by atoms with Crippen molar-refractivity contribution in [1.82, 2.24) is 4.98 Å². The number of nitrogens with one attached hydrogen (secondary N) is 1. The van der Waals surface area contributed by atoms with Crippen LogP contribution in [0.5, 0.6) is 0 Å². The third kappa shape index (κ3) is 3.58. The summed E-state index contributed by atoms with van der Waals surface area (Å²) >= 11 is 0. The van der Waals surface area contributed by atoms with E-state index in [-0.39, 0.29) is 16.9 Å². The van der Waals surface area contributed by atoms with Gasteiger partial charge in [0.25, 0.3) is 16.9 Å². The van der Waals surface area contributed by atoms with E-state index in [1.54, 1.807) is 24.3 Å². The van der Waals surface area contributed by atoms with Crippen molar-refractivity contribution in [3.63, 3.8) is 0 Å². The predicted octanol–water partition coefficient (Wildman–Crippen LogP) is 4.22. The molecule has 0 bridgehead atoms. The Morgan fingerprint density at radius 2 is 1.68 bits per heavy atom. The van der Waals surface area contributed by atoms with Crippen molar-refractivity contribution in [2.45, 2.75) is 12.8 Å². The molecule has 0 aliphatic heterocycles. The van der Waals surface area contributed by atoms with Gasteiger partial charge in [0.15, 0.2) is 0 Å². The highest BCUT2D eigenvalue weighted by Gasteiger charge is 2.26. The van der Waals surface area contributed by atoms with Crippen LogP contribution in [0.25, 0.3) is 22.8 Å². The zero-order chi connectivity index (χ0) is 22.1. The molecule has 31 heavy (non-hydrogen) atoms. The number of allylic oxidation sites excluding steroid dienone is 1. The maximum absolute atomic E-state index is 12.6. The first-order valence-electron chi connectivity index (χ1n) is 9.28. The minimum atomic E-state index is -0.588. The molecule has 0 saturated carbocycles. The first-order chi connectivity index (χ1) is 14.9. The number of non-ortho nitro benzene ring substituents is 2. The number of pyridine rings is 1. The fourth-order valence-electron chi connectivity index (χ4n) is 3.82. The summed E-state index contributed by atoms with van der Waals surface area (Å²) in [4.78, 5) is 36.6. The van der Waals surface area contributed by atoms with Crippen molar-refractivity contribution in [3.8, 4) is 17.2 Å². The van der Waals surface area contributed by atoms with Gasteiger partial charge in [-0.1, -0.05) is 24.3 Å². The van der Waals surface area contributed by atoms with Crippen molar-refractivity contribution >= 4 is 23.0 Å². The van der Waals surface area contributed by atoms with E-state index in [2.05, 4.69) is 4.98 Å². The van der Waals surface area contributed by atoms with E-state index in [0.717, 1.165) is 5.57 Å². The fourth-order valence-corrected chi connectivity index (χ4v) is 3.82. The summed E-state index contributed by atoms with van der Waals surface area (Å²) in [5.41, 5.74) is 2.56. The Kier molecular flexibility index (Phi) is 4.89. The number of aromatic nitrogens is 1. The normalized spacial score (nSPS) is 13.6. The van der Waals surface area contributed by atoms with Crippen LogP contribution in [0.1, 0.15) is 28.8 Å². The molecule has 3 aromatic rings. The SMILES string of the molecule is N#Cc1c(-c2cccc([N+](=O)[O-])c2)c2c([nH]c1=O)/C(=C/c1cccc([N+](=O)[O-])c1)CC2. The first kappa shape index (κ1) is 19.7. The van der Waals surface area contributed by atoms with Crippen molar-refractivity contribution < 1.29 is 9.85 Å². The molecule has 9 heteroatoms. The highest BCUT2D eigenvalue weighted by Crippen LogP contribution is 2.39. The van der Waals surface area contributed by atoms with Gasteiger partial charge >= 0.3 is 0 Å². The molecular formula is C22H14N4O5. The van der Waals surface area contributed by atoms with Gasteiger partial charge in [0.05, 0.1) is 9.85 Å². The van der Waals surface area contributed by atoms with Crippen LogP contribution < -0.4 is 5.56 Å². The van der Waals surface area contributed by atoms with Gasteiger partial charge in [-0.25, -0.2) is 0 Å². The maximum Gasteiger partial charge on any atom is 0.270 e. The molecule has 1 aliphatic rings. The van der Waals surface area contributed by atoms with Crippen LogP contribution in [0.4, 0.5) is 11.4 Å². The van der Waals surface area contributed by atoms with Crippen molar-refractivity contribution in [2.75, 3.05) is 0 Å². The first-order valence-corrected chi connectivity index (χ1v) is 9.28. The Morgan fingerprint density at radius 3 is 2.35 bits per heavy atom. The molecule has 0 saturated heterocycles. The second-order valence-corrected chi connectivity index (χ2v) is 7.00. The number of nitrogens with zero attached hydrogens (tertiary/aromatic N) is 3. The average molecular weight is 414 g/mol. The summed E-state index contributed by atoms with van der Waals surface area (Å²) in [5.74, 6) is 0. The molecule has 0 unspecified atom stereocenters. The summed E-state index contributed by atoms with van der Waals surface area (Å²) in [5, 5.41) is 31.8. The number of hydrogen-bond donors (Lipinski definition) is 1. The minimum Gasteiger partial charge on any atom is -0.321 e. The smallest absolute Gasteiger partial charge is 0.270 e. The van der Waals surface area contributed by atoms with Gasteiger partial charge in [0.1, 0.15) is 11.6 Å². The highest BCUT2D eigenvalue weighted by atomic mass is 16.6. The lowest BCUT2D eigenvalue weighted by Crippen LogP contribution is -2.15. The third-order valence-corrected chi connectivity index (χ3v) is 5.16. The van der Waals surface area contributed by atoms with Gasteiger partial charge in [0, 0.05) is 35.5 Å². The van der Waals surface area contributed by atoms with E-state index >= 15 is 0 Å². The van der Waals surface area contributed by atoms with Crippen LogP contribution in [-0.4, -0.2) is 14.8 Å². The quantitative estimate of drug-likeness (QED) is 0.500. The molecule has 1 aliphatic carbocycles. The second-order valence-electron chi connectivity index (χ2n) is 7.00. The molecule has 0 amide bonds. The zero-order valence-corrected chi connectivity index (χ0v) is 16.0. The Morgan fingerprint density at radius 1 is 1.00 bits per heavy atom. The molecular weight excluding hydrogens is 400 g/mol. The largest absolute Gasteiger partial charge is 0.321 e. The van der Waals surface area contributed by atoms with Gasteiger partial charge in [-0.3, -0.25) is 25.0 Å². The Hall–Kier alpha value is -4.58. The number of nitro groups is 2. The monoisotopic (exact) mass is 414 g/mol. The van der Waals surface area contributed by atoms with Crippen LogP contribution >= 0.6 is 0 Å². The number of benzene rings is 2. The molecule has 1 N–H and O–H groups in total. The number of aromatic amines is 1. The number of fused-ring (bicyclic) bond motifs is 1. The van der Waals surface area contributed by atoms with E-state index < -0.39 is 15.4 Å². The van der Waals surface area contributed by atoms with Crippen LogP contribution in [0.3, 0.4) is 0 Å². The van der Waals surface area contributed by atoms with E-state index in [1.807, 2.05) is 6.07 Å². The molecule has 152 valence electrons. The van der Waals surface area contributed by atoms with Gasteiger partial charge < -0.3 is 4.98 Å². The van der Waals surface area contributed by atoms with E-state index in [9.17, 15) is 30.3 Å². The second kappa shape index (κ2) is 7.68. The van der Waals surface area contributed by atoms with Crippen molar-refractivity contribution in [1.29, 1.82) is 5.26 Å². The lowest BCUT2D eigenvalue weighted by Gasteiger charge is -2.11. The van der Waals surface area contributed by atoms with Gasteiger partial charge in [-0.15, -0.1) is 0 Å². The van der Waals surface area contributed by atoms with Crippen molar-refractivity contribution in [3.05, 3.63) is 101 Å². The molecule has 0 atom stereocenters. The summed E-state index contributed by atoms with van der Waals surface area (Å²) in [6.45, 7) is 0. The van der Waals surface area contributed by atoms with Crippen LogP contribution in [0.2, 0.25) is 0 Å². The van der Waals surface area contributed by atoms with Crippen LogP contribution in [0.15, 0.2) is 53.3 Å². The molecule has 0 radical (unpaired) electrons. The Bertz CT molecular complexity index is 1380. The minimum absolute atomic E-state index is 0.0434. The van der Waals surface area contributed by atoms with Crippen LogP contribution in [0, 0.1) is 31.6 Å². The Labute approximate surface area is 175 Å². The highest BCUT2D eigenvalue weighted by molar-refractivity contribution is 5.89. The van der Waals surface area contributed by atoms with Gasteiger partial charge in [-0.05, 0) is 41.2 Å². The van der Waals surface area contributed by atoms with Crippen molar-refractivity contribution in [2.24, 2.45) is 0 Å². The zero-order valence-electron chi connectivity index (χ0n) is 16.0. The topological polar surface area (TPSA) is 143 Å². The standard InChI is InChI=1S/C22H14N4O5/c23-12-19-20(14-4-2-6-17(11-14)26(30)31)18-8-7-15(21(18)24-22(19)27)9-13-3-1-5-16(10-13)25(28)29/h1-6,9-11H,7-8H2,(H,24,27)/b15-9+. The average Bonchev–Trinajstić information content (AvgIpc) is 3.14. The van der Waals surface area contributed by atoms with Gasteiger partial charge in [-0.2, -0.15) is 5.26 Å². The summed E-state index contributed by atoms with van der Waals surface area (Å²) in [6, 6.07) is 13.9. The summed E-state index contributed by atoms with van der Waals surface area (Å²) < 4.78 is 0. The molecule has 9 nitrogen and oxygen atoms in total. The lowest BCUT2D eigenvalue weighted by atomic mass is 9.94. The molecule has 0 spiro atoms. The number of nitro benzene ring substituents is 2. The molecule has 1 heterocycles. The lowest BCUT2D eigenvalue weighted by molar-refractivity contribution is -0.385. The fraction of sp³-hybridized carbons (Fsp3) is 0.0909. The number of hydrogen-bond acceptors (Lipinski definition) is 6. The van der Waals surface area contributed by atoms with E-state index in [0.29, 0.717) is 40.8 Å².